The van der Waals surface area contributed by atoms with Crippen LogP contribution in [0.3, 0.4) is 0 Å². The first-order valence-electron chi connectivity index (χ1n) is 8.52. The van der Waals surface area contributed by atoms with Crippen LogP contribution in [0.25, 0.3) is 0 Å². The highest BCUT2D eigenvalue weighted by Crippen LogP contribution is 2.27. The van der Waals surface area contributed by atoms with Gasteiger partial charge in [0.15, 0.2) is 5.96 Å². The summed E-state index contributed by atoms with van der Waals surface area (Å²) in [6.45, 7) is 10.9. The van der Waals surface area contributed by atoms with E-state index < -0.39 is 0 Å². The molecule has 130 valence electrons. The molecule has 0 spiro atoms. The first-order chi connectivity index (χ1) is 10.2. The molecule has 1 aliphatic heterocycles. The summed E-state index contributed by atoms with van der Waals surface area (Å²) in [5.41, 5.74) is 0. The number of hydrogen-bond donors (Lipinski definition) is 1. The van der Waals surface area contributed by atoms with E-state index in [2.05, 4.69) is 54.7 Å². The molecule has 4 nitrogen and oxygen atoms in total. The van der Waals surface area contributed by atoms with Crippen LogP contribution in [0.4, 0.5) is 0 Å². The van der Waals surface area contributed by atoms with Crippen molar-refractivity contribution < 1.29 is 0 Å². The van der Waals surface area contributed by atoms with Gasteiger partial charge in [0, 0.05) is 42.7 Å². The molecular formula is C16H33IN4S. The Kier molecular flexibility index (Phi) is 9.47. The zero-order valence-electron chi connectivity index (χ0n) is 14.5. The fourth-order valence-electron chi connectivity index (χ4n) is 2.77. The Morgan fingerprint density at radius 1 is 1.41 bits per heavy atom. The Balaban J connectivity index is 0.00000242. The highest BCUT2D eigenvalue weighted by molar-refractivity contribution is 14.0. The smallest absolute Gasteiger partial charge is 0.194 e. The van der Waals surface area contributed by atoms with Crippen LogP contribution in [0, 0.1) is 0 Å². The van der Waals surface area contributed by atoms with Gasteiger partial charge in [0.05, 0.1) is 6.54 Å². The van der Waals surface area contributed by atoms with Crippen molar-refractivity contribution in [1.29, 1.82) is 0 Å². The van der Waals surface area contributed by atoms with Crippen molar-refractivity contribution in [3.8, 4) is 0 Å². The molecule has 0 amide bonds. The molecule has 2 aliphatic rings. The van der Waals surface area contributed by atoms with Crippen LogP contribution in [-0.4, -0.2) is 72.1 Å². The number of guanidine groups is 1. The van der Waals surface area contributed by atoms with Gasteiger partial charge in [0.25, 0.3) is 0 Å². The maximum absolute atomic E-state index is 4.92. The van der Waals surface area contributed by atoms with Crippen LogP contribution >= 0.6 is 35.7 Å². The van der Waals surface area contributed by atoms with Gasteiger partial charge in [0.1, 0.15) is 0 Å². The molecular weight excluding hydrogens is 407 g/mol. The Bertz CT molecular complexity index is 349. The van der Waals surface area contributed by atoms with E-state index in [4.69, 9.17) is 4.99 Å². The Morgan fingerprint density at radius 2 is 2.14 bits per heavy atom. The second kappa shape index (κ2) is 10.2. The third kappa shape index (κ3) is 6.07. The van der Waals surface area contributed by atoms with E-state index in [1.165, 1.54) is 25.0 Å². The number of thioether (sulfide) groups is 1. The molecule has 2 fully saturated rings. The van der Waals surface area contributed by atoms with Gasteiger partial charge in [-0.2, -0.15) is 11.8 Å². The summed E-state index contributed by atoms with van der Waals surface area (Å²) in [5.74, 6) is 2.34. The highest BCUT2D eigenvalue weighted by Gasteiger charge is 2.29. The van der Waals surface area contributed by atoms with Gasteiger partial charge in [-0.05, 0) is 40.2 Å². The third-order valence-corrected chi connectivity index (χ3v) is 5.92. The minimum absolute atomic E-state index is 0. The minimum atomic E-state index is 0. The number of aliphatic imine (C=N–C) groups is 1. The van der Waals surface area contributed by atoms with Crippen LogP contribution in [0.1, 0.15) is 40.0 Å². The van der Waals surface area contributed by atoms with Crippen molar-refractivity contribution in [3.05, 3.63) is 0 Å². The van der Waals surface area contributed by atoms with Gasteiger partial charge >= 0.3 is 0 Å². The molecule has 1 saturated heterocycles. The molecule has 22 heavy (non-hydrogen) atoms. The molecule has 1 heterocycles. The van der Waals surface area contributed by atoms with Crippen molar-refractivity contribution in [2.75, 3.05) is 39.0 Å². The molecule has 2 rings (SSSR count). The van der Waals surface area contributed by atoms with E-state index in [1.807, 2.05) is 0 Å². The van der Waals surface area contributed by atoms with Gasteiger partial charge < -0.3 is 10.2 Å². The van der Waals surface area contributed by atoms with Crippen molar-refractivity contribution in [1.82, 2.24) is 15.1 Å². The fourth-order valence-corrected chi connectivity index (χ4v) is 3.95. The van der Waals surface area contributed by atoms with Gasteiger partial charge in [-0.1, -0.05) is 6.92 Å². The summed E-state index contributed by atoms with van der Waals surface area (Å²) >= 11 is 2.11. The molecule has 1 N–H and O–H groups in total. The normalized spacial score (nSPS) is 24.1. The second-order valence-corrected chi connectivity index (χ2v) is 7.70. The Labute approximate surface area is 157 Å². The largest absolute Gasteiger partial charge is 0.357 e. The SMILES string of the molecule is CCNC(=NCC(C)N(C)C1CC1)N1CCSC(CC)C1.I. The van der Waals surface area contributed by atoms with Crippen LogP contribution in [-0.2, 0) is 0 Å². The van der Waals surface area contributed by atoms with Crippen LogP contribution in [0.2, 0.25) is 0 Å². The first kappa shape index (κ1) is 20.4. The lowest BCUT2D eigenvalue weighted by Crippen LogP contribution is -2.48. The molecule has 2 unspecified atom stereocenters. The molecule has 0 aromatic rings. The summed E-state index contributed by atoms with van der Waals surface area (Å²) in [6.07, 6.45) is 3.99. The lowest BCUT2D eigenvalue weighted by Gasteiger charge is -2.34. The maximum Gasteiger partial charge on any atom is 0.194 e. The van der Waals surface area contributed by atoms with Gasteiger partial charge in [0.2, 0.25) is 0 Å². The summed E-state index contributed by atoms with van der Waals surface area (Å²) in [4.78, 5) is 9.87. The molecule has 6 heteroatoms. The number of nitrogens with zero attached hydrogens (tertiary/aromatic N) is 3. The summed E-state index contributed by atoms with van der Waals surface area (Å²) in [7, 11) is 2.25. The fraction of sp³-hybridized carbons (Fsp3) is 0.938. The summed E-state index contributed by atoms with van der Waals surface area (Å²) < 4.78 is 0. The predicted octanol–water partition coefficient (Wildman–Crippen LogP) is 2.88. The van der Waals surface area contributed by atoms with Crippen molar-refractivity contribution in [2.45, 2.75) is 57.4 Å². The molecule has 0 aromatic heterocycles. The van der Waals surface area contributed by atoms with Crippen LogP contribution < -0.4 is 5.32 Å². The molecule has 0 aromatic carbocycles. The Morgan fingerprint density at radius 3 is 2.73 bits per heavy atom. The standard InChI is InChI=1S/C16H32N4S.HI/c1-5-15-12-20(9-10-21-15)16(17-6-2)18-11-13(3)19(4)14-7-8-14;/h13-15H,5-12H2,1-4H3,(H,17,18);1H. The van der Waals surface area contributed by atoms with E-state index in [1.54, 1.807) is 0 Å². The monoisotopic (exact) mass is 440 g/mol. The first-order valence-corrected chi connectivity index (χ1v) is 9.57. The average molecular weight is 440 g/mol. The zero-order valence-corrected chi connectivity index (χ0v) is 17.7. The van der Waals surface area contributed by atoms with Crippen molar-refractivity contribution in [3.63, 3.8) is 0 Å². The number of likely N-dealkylation sites (N-methyl/N-ethyl adjacent to an activating group) is 1. The molecule has 1 saturated carbocycles. The number of nitrogens with one attached hydrogen (secondary N) is 1. The van der Waals surface area contributed by atoms with E-state index in [9.17, 15) is 0 Å². The summed E-state index contributed by atoms with van der Waals surface area (Å²) in [5, 5.41) is 4.24. The van der Waals surface area contributed by atoms with E-state index in [0.717, 1.165) is 43.4 Å². The zero-order chi connectivity index (χ0) is 15.2. The molecule has 1 aliphatic carbocycles. The van der Waals surface area contributed by atoms with Crippen LogP contribution in [0.15, 0.2) is 4.99 Å². The lowest BCUT2D eigenvalue weighted by molar-refractivity contribution is 0.252. The van der Waals surface area contributed by atoms with Gasteiger partial charge in [-0.3, -0.25) is 9.89 Å². The minimum Gasteiger partial charge on any atom is -0.357 e. The molecule has 0 radical (unpaired) electrons. The predicted molar refractivity (Wildman–Crippen MR) is 110 cm³/mol. The quantitative estimate of drug-likeness (QED) is 0.391. The Hall–Kier alpha value is 0.310. The van der Waals surface area contributed by atoms with Crippen molar-refractivity contribution >= 4 is 41.7 Å². The average Bonchev–Trinajstić information content (AvgIpc) is 3.35. The molecule has 2 atom stereocenters. The highest BCUT2D eigenvalue weighted by atomic mass is 127. The van der Waals surface area contributed by atoms with E-state index in [-0.39, 0.29) is 24.0 Å². The third-order valence-electron chi connectivity index (χ3n) is 4.55. The number of hydrogen-bond acceptors (Lipinski definition) is 3. The van der Waals surface area contributed by atoms with E-state index >= 15 is 0 Å². The second-order valence-electron chi connectivity index (χ2n) is 6.29. The van der Waals surface area contributed by atoms with Crippen LogP contribution in [0.5, 0.6) is 0 Å². The number of rotatable bonds is 6. The molecule has 0 bridgehead atoms. The summed E-state index contributed by atoms with van der Waals surface area (Å²) in [6, 6.07) is 1.35. The van der Waals surface area contributed by atoms with Gasteiger partial charge in [-0.15, -0.1) is 24.0 Å². The lowest BCUT2D eigenvalue weighted by atomic mass is 10.3. The maximum atomic E-state index is 4.92. The van der Waals surface area contributed by atoms with Crippen molar-refractivity contribution in [2.24, 2.45) is 4.99 Å². The topological polar surface area (TPSA) is 30.9 Å². The van der Waals surface area contributed by atoms with Gasteiger partial charge in [-0.25, -0.2) is 0 Å². The van der Waals surface area contributed by atoms with E-state index in [0.29, 0.717) is 6.04 Å². The number of halogens is 1.